The molecule has 1 heterocycles. The van der Waals surface area contributed by atoms with Crippen LogP contribution in [-0.4, -0.2) is 0 Å². The molecule has 0 amide bonds. The zero-order valence-electron chi connectivity index (χ0n) is 31.5. The molecule has 12 rings (SSSR count). The molecule has 0 radical (unpaired) electrons. The van der Waals surface area contributed by atoms with E-state index in [2.05, 4.69) is 211 Å². The lowest BCUT2D eigenvalue weighted by Crippen LogP contribution is -2.25. The first kappa shape index (κ1) is 32.6. The topological polar surface area (TPSA) is 21.7 Å². The number of nitrogens with zero attached hydrogens (tertiary/aromatic N) is 1. The minimum atomic E-state index is -0.449. The Morgan fingerprint density at radius 3 is 1.55 bits per heavy atom. The third kappa shape index (κ3) is 4.74. The van der Waals surface area contributed by atoms with E-state index < -0.39 is 5.41 Å². The van der Waals surface area contributed by atoms with Crippen LogP contribution in [0.2, 0.25) is 0 Å². The summed E-state index contributed by atoms with van der Waals surface area (Å²) < 4.78 is 13.9. The van der Waals surface area contributed by atoms with E-state index in [9.17, 15) is 0 Å². The fraction of sp³-hybridized carbons (Fsp3) is 0.0182. The summed E-state index contributed by atoms with van der Waals surface area (Å²) in [7, 11) is 0. The van der Waals surface area contributed by atoms with Crippen LogP contribution >= 0.6 is 0 Å². The Balaban J connectivity index is 0.955. The number of hydrogen-bond donors (Lipinski definition) is 0. The molecule has 3 heteroatoms. The molecule has 272 valence electrons. The second-order valence-corrected chi connectivity index (χ2v) is 15.2. The molecule has 1 spiro atoms. The van der Waals surface area contributed by atoms with Crippen LogP contribution in [0.4, 0.5) is 17.1 Å². The largest absolute Gasteiger partial charge is 0.449 e. The van der Waals surface area contributed by atoms with Gasteiger partial charge in [-0.3, -0.25) is 0 Å². The van der Waals surface area contributed by atoms with Gasteiger partial charge in [0.1, 0.15) is 0 Å². The van der Waals surface area contributed by atoms with Crippen LogP contribution in [0.5, 0.6) is 23.0 Å². The van der Waals surface area contributed by atoms with Crippen molar-refractivity contribution in [1.29, 1.82) is 0 Å². The predicted octanol–water partition coefficient (Wildman–Crippen LogP) is 14.7. The maximum Gasteiger partial charge on any atom is 0.178 e. The summed E-state index contributed by atoms with van der Waals surface area (Å²) in [6, 6.07) is 75.7. The zero-order chi connectivity index (χ0) is 38.2. The average molecular weight is 742 g/mol. The van der Waals surface area contributed by atoms with E-state index in [4.69, 9.17) is 9.47 Å². The Morgan fingerprint density at radius 2 is 0.828 bits per heavy atom. The highest BCUT2D eigenvalue weighted by Crippen LogP contribution is 2.66. The zero-order valence-corrected chi connectivity index (χ0v) is 31.5. The third-order valence-electron chi connectivity index (χ3n) is 12.1. The maximum absolute atomic E-state index is 6.98. The van der Waals surface area contributed by atoms with E-state index in [1.165, 1.54) is 50.1 Å². The average Bonchev–Trinajstić information content (AvgIpc) is 3.77. The van der Waals surface area contributed by atoms with Gasteiger partial charge in [-0.25, -0.2) is 0 Å². The Morgan fingerprint density at radius 1 is 0.310 bits per heavy atom. The van der Waals surface area contributed by atoms with Gasteiger partial charge in [0, 0.05) is 23.0 Å². The van der Waals surface area contributed by atoms with Crippen molar-refractivity contribution >= 4 is 17.1 Å². The summed E-state index contributed by atoms with van der Waals surface area (Å²) in [6.45, 7) is 0. The molecule has 0 N–H and O–H groups in total. The van der Waals surface area contributed by atoms with Crippen LogP contribution in [0.25, 0.3) is 44.5 Å². The van der Waals surface area contributed by atoms with Gasteiger partial charge >= 0.3 is 0 Å². The van der Waals surface area contributed by atoms with Gasteiger partial charge in [-0.1, -0.05) is 158 Å². The summed E-state index contributed by atoms with van der Waals surface area (Å²) in [5.74, 6) is 2.83. The maximum atomic E-state index is 6.98. The monoisotopic (exact) mass is 741 g/mol. The quantitative estimate of drug-likeness (QED) is 0.175. The van der Waals surface area contributed by atoms with Crippen LogP contribution in [-0.2, 0) is 5.41 Å². The van der Waals surface area contributed by atoms with Crippen LogP contribution < -0.4 is 14.4 Å². The molecule has 0 saturated carbocycles. The molecular formula is C55H35NO2. The number of benzene rings is 9. The predicted molar refractivity (Wildman–Crippen MR) is 235 cm³/mol. The van der Waals surface area contributed by atoms with Crippen molar-refractivity contribution in [3.8, 4) is 67.5 Å². The van der Waals surface area contributed by atoms with E-state index >= 15 is 0 Å². The highest BCUT2D eigenvalue weighted by molar-refractivity contribution is 5.98. The molecule has 0 aromatic heterocycles. The van der Waals surface area contributed by atoms with Crippen molar-refractivity contribution in [3.05, 3.63) is 235 Å². The first-order valence-corrected chi connectivity index (χ1v) is 19.8. The van der Waals surface area contributed by atoms with Crippen LogP contribution in [0.1, 0.15) is 22.3 Å². The lowest BCUT2D eigenvalue weighted by Gasteiger charge is -2.31. The van der Waals surface area contributed by atoms with E-state index in [1.54, 1.807) is 0 Å². The smallest absolute Gasteiger partial charge is 0.178 e. The summed E-state index contributed by atoms with van der Waals surface area (Å²) in [5, 5.41) is 0. The molecule has 58 heavy (non-hydrogen) atoms. The van der Waals surface area contributed by atoms with Crippen molar-refractivity contribution < 1.29 is 9.47 Å². The molecular weight excluding hydrogens is 707 g/mol. The minimum absolute atomic E-state index is 0.449. The third-order valence-corrected chi connectivity index (χ3v) is 12.1. The lowest BCUT2D eigenvalue weighted by molar-refractivity contribution is 0.360. The standard InChI is InChI=1S/C55H35NO2/c1-3-15-36(16-4-1)37-17-13-18-38(33-37)39-19-14-22-41(34-39)56(40-20-5-2-6-21-40)42-29-31-50-52(35-42)57-51-32-30-49-53(54(51)58-50)45-25-9-12-28-48(45)55(49)46-26-10-7-23-43(46)44-24-8-11-27-47(44)55/h1-35H. The van der Waals surface area contributed by atoms with Gasteiger partial charge in [-0.2, -0.15) is 0 Å². The molecule has 3 aliphatic rings. The molecule has 3 nitrogen and oxygen atoms in total. The number of fused-ring (bicyclic) bond motifs is 13. The molecule has 0 atom stereocenters. The summed E-state index contributed by atoms with van der Waals surface area (Å²) in [6.07, 6.45) is 0. The normalized spacial score (nSPS) is 13.2. The van der Waals surface area contributed by atoms with Gasteiger partial charge in [0.05, 0.1) is 11.1 Å². The van der Waals surface area contributed by atoms with Crippen LogP contribution in [0.3, 0.4) is 0 Å². The molecule has 1 aliphatic heterocycles. The summed E-state index contributed by atoms with van der Waals surface area (Å²) in [5.41, 5.74) is 17.2. The van der Waals surface area contributed by atoms with Crippen molar-refractivity contribution in [3.63, 3.8) is 0 Å². The molecule has 9 aromatic rings. The molecule has 0 fully saturated rings. The van der Waals surface area contributed by atoms with Crippen molar-refractivity contribution in [1.82, 2.24) is 0 Å². The first-order chi connectivity index (χ1) is 28.8. The SMILES string of the molecule is c1ccc(-c2cccc(-c3cccc(N(c4ccccc4)c4ccc5c(c4)Oc4ccc6c(c4O5)-c4ccccc4C64c5ccccc5-c5ccccc54)c3)c2)cc1. The number of rotatable bonds is 5. The second-order valence-electron chi connectivity index (χ2n) is 15.2. The van der Waals surface area contributed by atoms with Gasteiger partial charge in [-0.15, -0.1) is 0 Å². The molecule has 2 aliphatic carbocycles. The lowest BCUT2D eigenvalue weighted by atomic mass is 9.70. The number of anilines is 3. The molecule has 9 aromatic carbocycles. The number of hydrogen-bond acceptors (Lipinski definition) is 3. The highest BCUT2D eigenvalue weighted by atomic mass is 16.6. The minimum Gasteiger partial charge on any atom is -0.449 e. The van der Waals surface area contributed by atoms with E-state index in [0.29, 0.717) is 17.2 Å². The van der Waals surface area contributed by atoms with Crippen LogP contribution in [0, 0.1) is 0 Å². The Hall–Kier alpha value is -7.62. The second kappa shape index (κ2) is 12.7. The van der Waals surface area contributed by atoms with Gasteiger partial charge in [0.2, 0.25) is 0 Å². The van der Waals surface area contributed by atoms with Crippen molar-refractivity contribution in [2.75, 3.05) is 4.90 Å². The van der Waals surface area contributed by atoms with Gasteiger partial charge < -0.3 is 14.4 Å². The van der Waals surface area contributed by atoms with Crippen LogP contribution in [0.15, 0.2) is 212 Å². The van der Waals surface area contributed by atoms with E-state index in [0.717, 1.165) is 39.5 Å². The van der Waals surface area contributed by atoms with E-state index in [-0.39, 0.29) is 0 Å². The fourth-order valence-electron chi connectivity index (χ4n) is 9.70. The molecule has 0 unspecified atom stereocenters. The van der Waals surface area contributed by atoms with Gasteiger partial charge in [0.15, 0.2) is 23.0 Å². The highest BCUT2D eigenvalue weighted by Gasteiger charge is 2.53. The summed E-state index contributed by atoms with van der Waals surface area (Å²) >= 11 is 0. The van der Waals surface area contributed by atoms with Crippen molar-refractivity contribution in [2.45, 2.75) is 5.41 Å². The molecule has 0 saturated heterocycles. The number of para-hydroxylation sites is 1. The summed E-state index contributed by atoms with van der Waals surface area (Å²) in [4.78, 5) is 2.28. The fourth-order valence-corrected chi connectivity index (χ4v) is 9.70. The van der Waals surface area contributed by atoms with E-state index in [1.807, 2.05) is 6.07 Å². The van der Waals surface area contributed by atoms with Gasteiger partial charge in [0.25, 0.3) is 0 Å². The number of ether oxygens (including phenoxy) is 2. The Labute approximate surface area is 337 Å². The van der Waals surface area contributed by atoms with Gasteiger partial charge in [-0.05, 0) is 110 Å². The Bertz CT molecular complexity index is 3030. The van der Waals surface area contributed by atoms with Crippen molar-refractivity contribution in [2.24, 2.45) is 0 Å². The molecule has 0 bridgehead atoms. The Kier molecular flexibility index (Phi) is 7.14. The first-order valence-electron chi connectivity index (χ1n) is 19.8.